The summed E-state index contributed by atoms with van der Waals surface area (Å²) < 4.78 is 54.6. The Balaban J connectivity index is 1.42. The van der Waals surface area contributed by atoms with Crippen LogP contribution in [-0.4, -0.2) is 54.9 Å². The molecule has 0 aliphatic heterocycles. The Morgan fingerprint density at radius 1 is 0.705 bits per heavy atom. The van der Waals surface area contributed by atoms with Gasteiger partial charge in [-0.1, -0.05) is 6.07 Å². The van der Waals surface area contributed by atoms with Crippen LogP contribution in [0.5, 0.6) is 28.7 Å². The lowest BCUT2D eigenvalue weighted by molar-refractivity contribution is 0.0728. The zero-order valence-electron chi connectivity index (χ0n) is 24.2. The van der Waals surface area contributed by atoms with E-state index in [0.29, 0.717) is 28.5 Å². The highest BCUT2D eigenvalue weighted by Gasteiger charge is 2.18. The molecule has 0 radical (unpaired) electrons. The molecule has 4 aromatic carbocycles. The number of nitrogens with zero attached hydrogens (tertiary/aromatic N) is 1. The number of anilines is 1. The number of benzene rings is 4. The monoisotopic (exact) mass is 619 g/mol. The standard InChI is InChI=1S/C31H29N3O9S/c1-39-24-11-9-23(10-12-24)34-44(37,38)27-7-5-6-21(17-27)30(35)33-32-19-20-8-13-28(29(14-20)42-4)43-31(36)22-15-25(40-2)18-26(16-22)41-3/h5-19,34H,1-4H3,(H,33,35)/b32-19-. The van der Waals surface area contributed by atoms with Crippen LogP contribution < -0.4 is 33.8 Å². The zero-order chi connectivity index (χ0) is 31.7. The summed E-state index contributed by atoms with van der Waals surface area (Å²) in [6, 6.07) is 21.2. The maximum Gasteiger partial charge on any atom is 0.343 e. The van der Waals surface area contributed by atoms with Crippen LogP contribution in [0.25, 0.3) is 0 Å². The van der Waals surface area contributed by atoms with E-state index >= 15 is 0 Å². The number of esters is 1. The molecule has 4 rings (SSSR count). The summed E-state index contributed by atoms with van der Waals surface area (Å²) in [5.41, 5.74) is 3.51. The lowest BCUT2D eigenvalue weighted by Crippen LogP contribution is -2.19. The molecular formula is C31H29N3O9S. The number of ether oxygens (including phenoxy) is 5. The van der Waals surface area contributed by atoms with Gasteiger partial charge in [-0.3, -0.25) is 9.52 Å². The highest BCUT2D eigenvalue weighted by molar-refractivity contribution is 7.92. The summed E-state index contributed by atoms with van der Waals surface area (Å²) in [6.45, 7) is 0. The van der Waals surface area contributed by atoms with E-state index in [1.165, 1.54) is 77.1 Å². The van der Waals surface area contributed by atoms with Gasteiger partial charge in [0.25, 0.3) is 15.9 Å². The molecule has 0 aromatic heterocycles. The summed E-state index contributed by atoms with van der Waals surface area (Å²) in [5, 5.41) is 3.95. The second-order valence-corrected chi connectivity index (χ2v) is 10.6. The average Bonchev–Trinajstić information content (AvgIpc) is 3.05. The number of sulfonamides is 1. The molecule has 0 spiro atoms. The van der Waals surface area contributed by atoms with Gasteiger partial charge in [-0.2, -0.15) is 5.10 Å². The van der Waals surface area contributed by atoms with Crippen LogP contribution in [0.3, 0.4) is 0 Å². The van der Waals surface area contributed by atoms with E-state index in [9.17, 15) is 18.0 Å². The fourth-order valence-corrected chi connectivity index (χ4v) is 4.94. The first kappa shape index (κ1) is 31.4. The Kier molecular flexibility index (Phi) is 10.0. The van der Waals surface area contributed by atoms with Crippen LogP contribution in [0.2, 0.25) is 0 Å². The molecule has 0 bridgehead atoms. The van der Waals surface area contributed by atoms with Gasteiger partial charge in [-0.15, -0.1) is 0 Å². The molecule has 0 saturated heterocycles. The Hall–Kier alpha value is -5.56. The van der Waals surface area contributed by atoms with Gasteiger partial charge < -0.3 is 23.7 Å². The molecule has 0 aliphatic carbocycles. The number of hydrazone groups is 1. The van der Waals surface area contributed by atoms with E-state index in [1.807, 2.05) is 0 Å². The molecule has 13 heteroatoms. The molecule has 12 nitrogen and oxygen atoms in total. The first-order valence-electron chi connectivity index (χ1n) is 12.9. The summed E-state index contributed by atoms with van der Waals surface area (Å²) in [5.74, 6) is 0.542. The minimum absolute atomic E-state index is 0.0776. The Bertz CT molecular complexity index is 1770. The van der Waals surface area contributed by atoms with Crippen molar-refractivity contribution in [3.8, 4) is 28.7 Å². The van der Waals surface area contributed by atoms with Gasteiger partial charge in [0.1, 0.15) is 17.2 Å². The minimum Gasteiger partial charge on any atom is -0.497 e. The van der Waals surface area contributed by atoms with Gasteiger partial charge in [-0.05, 0) is 78.4 Å². The number of nitrogens with one attached hydrogen (secondary N) is 2. The lowest BCUT2D eigenvalue weighted by atomic mass is 10.2. The van der Waals surface area contributed by atoms with Crippen molar-refractivity contribution in [2.24, 2.45) is 5.10 Å². The topological polar surface area (TPSA) is 151 Å². The molecule has 4 aromatic rings. The number of methoxy groups -OCH3 is 4. The second-order valence-electron chi connectivity index (χ2n) is 8.96. The fourth-order valence-electron chi connectivity index (χ4n) is 3.84. The fraction of sp³-hybridized carbons (Fsp3) is 0.129. The molecule has 0 fully saturated rings. The number of amides is 1. The summed E-state index contributed by atoms with van der Waals surface area (Å²) in [6.07, 6.45) is 1.35. The van der Waals surface area contributed by atoms with E-state index in [4.69, 9.17) is 23.7 Å². The largest absolute Gasteiger partial charge is 0.497 e. The lowest BCUT2D eigenvalue weighted by Gasteiger charge is -2.11. The van der Waals surface area contributed by atoms with Crippen LogP contribution in [0.4, 0.5) is 5.69 Å². The van der Waals surface area contributed by atoms with Crippen molar-refractivity contribution < 1.29 is 41.7 Å². The van der Waals surface area contributed by atoms with Crippen molar-refractivity contribution >= 4 is 33.8 Å². The highest BCUT2D eigenvalue weighted by atomic mass is 32.2. The van der Waals surface area contributed by atoms with Crippen molar-refractivity contribution in [1.82, 2.24) is 5.43 Å². The van der Waals surface area contributed by atoms with Crippen molar-refractivity contribution in [2.75, 3.05) is 33.2 Å². The van der Waals surface area contributed by atoms with Crippen molar-refractivity contribution in [1.29, 1.82) is 0 Å². The first-order valence-corrected chi connectivity index (χ1v) is 14.4. The quantitative estimate of drug-likeness (QED) is 0.101. The van der Waals surface area contributed by atoms with Crippen LogP contribution in [0, 0.1) is 0 Å². The molecule has 228 valence electrons. The third kappa shape index (κ3) is 7.83. The van der Waals surface area contributed by atoms with Gasteiger partial charge in [0.05, 0.1) is 45.1 Å². The number of hydrogen-bond donors (Lipinski definition) is 2. The molecule has 0 aliphatic rings. The van der Waals surface area contributed by atoms with Crippen molar-refractivity contribution in [3.05, 3.63) is 102 Å². The molecule has 0 unspecified atom stereocenters. The van der Waals surface area contributed by atoms with E-state index in [-0.39, 0.29) is 27.5 Å². The number of hydrogen-bond acceptors (Lipinski definition) is 10. The molecule has 0 heterocycles. The van der Waals surface area contributed by atoms with Gasteiger partial charge in [0.15, 0.2) is 11.5 Å². The van der Waals surface area contributed by atoms with Crippen LogP contribution in [0.15, 0.2) is 94.9 Å². The summed E-state index contributed by atoms with van der Waals surface area (Å²) in [7, 11) is 1.90. The van der Waals surface area contributed by atoms with Crippen molar-refractivity contribution in [2.45, 2.75) is 4.90 Å². The maximum atomic E-state index is 12.9. The summed E-state index contributed by atoms with van der Waals surface area (Å²) >= 11 is 0. The molecule has 1 amide bonds. The Morgan fingerprint density at radius 2 is 1.39 bits per heavy atom. The van der Waals surface area contributed by atoms with Gasteiger partial charge in [0, 0.05) is 17.3 Å². The number of rotatable bonds is 12. The van der Waals surface area contributed by atoms with Crippen molar-refractivity contribution in [3.63, 3.8) is 0 Å². The predicted molar refractivity (Wildman–Crippen MR) is 163 cm³/mol. The van der Waals surface area contributed by atoms with E-state index in [0.717, 1.165) is 0 Å². The molecule has 0 saturated carbocycles. The smallest absolute Gasteiger partial charge is 0.343 e. The minimum atomic E-state index is -3.97. The number of carbonyl (C=O) groups is 2. The first-order chi connectivity index (χ1) is 21.1. The third-order valence-electron chi connectivity index (χ3n) is 6.11. The maximum absolute atomic E-state index is 12.9. The highest BCUT2D eigenvalue weighted by Crippen LogP contribution is 2.30. The summed E-state index contributed by atoms with van der Waals surface area (Å²) in [4.78, 5) is 25.4. The molecule has 2 N–H and O–H groups in total. The molecule has 44 heavy (non-hydrogen) atoms. The Labute approximate surface area is 254 Å². The van der Waals surface area contributed by atoms with E-state index in [1.54, 1.807) is 42.5 Å². The normalized spacial score (nSPS) is 11.0. The van der Waals surface area contributed by atoms with Crippen LogP contribution in [0.1, 0.15) is 26.3 Å². The Morgan fingerprint density at radius 3 is 2.02 bits per heavy atom. The third-order valence-corrected chi connectivity index (χ3v) is 7.48. The van der Waals surface area contributed by atoms with E-state index in [2.05, 4.69) is 15.2 Å². The SMILES string of the molecule is COc1ccc(NS(=O)(=O)c2cccc(C(=O)N/N=C\c3ccc(OC(=O)c4cc(OC)cc(OC)c4)c(OC)c3)c2)cc1. The van der Waals surface area contributed by atoms with Crippen LogP contribution >= 0.6 is 0 Å². The average molecular weight is 620 g/mol. The van der Waals surface area contributed by atoms with Gasteiger partial charge >= 0.3 is 5.97 Å². The zero-order valence-corrected chi connectivity index (χ0v) is 25.0. The van der Waals surface area contributed by atoms with E-state index < -0.39 is 21.9 Å². The van der Waals surface area contributed by atoms with Crippen LogP contribution in [-0.2, 0) is 10.0 Å². The second kappa shape index (κ2) is 14.1. The molecule has 0 atom stereocenters. The molecular weight excluding hydrogens is 590 g/mol. The van der Waals surface area contributed by atoms with Gasteiger partial charge in [-0.25, -0.2) is 18.6 Å². The predicted octanol–water partition coefficient (Wildman–Crippen LogP) is 4.50. The number of carbonyl (C=O) groups excluding carboxylic acids is 2. The van der Waals surface area contributed by atoms with Gasteiger partial charge in [0.2, 0.25) is 0 Å².